The molecule has 108 valence electrons. The molecule has 0 spiro atoms. The second kappa shape index (κ2) is 7.45. The Hall–Kier alpha value is -0.140. The van der Waals surface area contributed by atoms with Crippen molar-refractivity contribution in [1.29, 1.82) is 0 Å². The molecule has 0 aromatic carbocycles. The monoisotopic (exact) mass is 275 g/mol. The molecule has 0 rings (SSSR count). The van der Waals surface area contributed by atoms with Gasteiger partial charge in [0.15, 0.2) is 0 Å². The number of hydrogen-bond acceptors (Lipinski definition) is 3. The predicted octanol–water partition coefficient (Wildman–Crippen LogP) is 2.98. The lowest BCUT2D eigenvalue weighted by Gasteiger charge is -2.32. The van der Waals surface area contributed by atoms with E-state index < -0.39 is 0 Å². The minimum atomic E-state index is -0.323. The van der Waals surface area contributed by atoms with Gasteiger partial charge >= 0.3 is 5.97 Å². The molecule has 0 radical (unpaired) electrons. The molecule has 18 heavy (non-hydrogen) atoms. The zero-order chi connectivity index (χ0) is 14.4. The largest absolute Gasteiger partial charge is 0.465 e. The van der Waals surface area contributed by atoms with Gasteiger partial charge in [-0.2, -0.15) is 0 Å². The Bertz CT molecular complexity index is 261. The van der Waals surface area contributed by atoms with Crippen LogP contribution in [0.15, 0.2) is 0 Å². The smallest absolute Gasteiger partial charge is 0.315 e. The number of hydrogen-bond donors (Lipinski definition) is 0. The van der Waals surface area contributed by atoms with Gasteiger partial charge in [-0.3, -0.25) is 4.79 Å². The summed E-state index contributed by atoms with van der Waals surface area (Å²) >= 11 is 0. The Kier molecular flexibility index (Phi) is 7.39. The van der Waals surface area contributed by atoms with E-state index in [1.54, 1.807) is 0 Å². The summed E-state index contributed by atoms with van der Waals surface area (Å²) in [5.74, 6) is -0.0305. The molecule has 4 heteroatoms. The number of esters is 1. The van der Waals surface area contributed by atoms with Gasteiger partial charge in [0.1, 0.15) is 0 Å². The van der Waals surface area contributed by atoms with Crippen LogP contribution in [0.3, 0.4) is 0 Å². The second-order valence-electron chi connectivity index (χ2n) is 6.61. The highest BCUT2D eigenvalue weighted by molar-refractivity contribution is 7.40. The Morgan fingerprint density at radius 1 is 1.22 bits per heavy atom. The van der Waals surface area contributed by atoms with Gasteiger partial charge < -0.3 is 9.64 Å². The Labute approximate surface area is 114 Å². The van der Waals surface area contributed by atoms with Crippen LogP contribution in [0, 0.1) is 5.41 Å². The fraction of sp³-hybridized carbons (Fsp3) is 0.929. The molecule has 0 aromatic rings. The van der Waals surface area contributed by atoms with Crippen molar-refractivity contribution in [2.45, 2.75) is 45.7 Å². The first-order valence-corrected chi connectivity index (χ1v) is 8.11. The Balaban J connectivity index is 4.26. The van der Waals surface area contributed by atoms with E-state index in [4.69, 9.17) is 4.74 Å². The molecule has 2 atom stereocenters. The van der Waals surface area contributed by atoms with Crippen LogP contribution >= 0.6 is 8.58 Å². The molecule has 0 aliphatic heterocycles. The lowest BCUT2D eigenvalue weighted by Crippen LogP contribution is -2.36. The van der Waals surface area contributed by atoms with Crippen LogP contribution in [0.25, 0.3) is 0 Å². The molecule has 0 saturated carbocycles. The summed E-state index contributed by atoms with van der Waals surface area (Å²) < 4.78 is 5.44. The highest BCUT2D eigenvalue weighted by atomic mass is 31.1. The SMILES string of the molecule is CPC(C)(CC(C)(C)C)C(=O)OCCCN(C)C. The molecule has 0 aromatic heterocycles. The van der Waals surface area contributed by atoms with Crippen LogP contribution in [0.2, 0.25) is 0 Å². The molecular weight excluding hydrogens is 245 g/mol. The van der Waals surface area contributed by atoms with Crippen LogP contribution in [0.5, 0.6) is 0 Å². The van der Waals surface area contributed by atoms with E-state index in [9.17, 15) is 4.79 Å². The van der Waals surface area contributed by atoms with Gasteiger partial charge in [-0.05, 0) is 45.9 Å². The fourth-order valence-corrected chi connectivity index (χ4v) is 3.01. The van der Waals surface area contributed by atoms with E-state index in [2.05, 4.69) is 32.3 Å². The summed E-state index contributed by atoms with van der Waals surface area (Å²) in [6, 6.07) is 0. The number of carbonyl (C=O) groups is 1. The third kappa shape index (κ3) is 7.33. The van der Waals surface area contributed by atoms with E-state index >= 15 is 0 Å². The Morgan fingerprint density at radius 2 is 1.78 bits per heavy atom. The van der Waals surface area contributed by atoms with Gasteiger partial charge in [0.2, 0.25) is 0 Å². The standard InChI is InChI=1S/C14H30NO2P/c1-13(2,3)11-14(4,18-7)12(16)17-10-8-9-15(5)6/h18H,8-11H2,1-7H3. The average molecular weight is 275 g/mol. The lowest BCUT2D eigenvalue weighted by atomic mass is 9.85. The van der Waals surface area contributed by atoms with Crippen molar-refractivity contribution in [3.05, 3.63) is 0 Å². The van der Waals surface area contributed by atoms with Crippen LogP contribution in [0.4, 0.5) is 0 Å². The first-order valence-electron chi connectivity index (χ1n) is 6.61. The summed E-state index contributed by atoms with van der Waals surface area (Å²) in [5, 5.41) is -0.323. The van der Waals surface area contributed by atoms with E-state index in [1.807, 2.05) is 21.0 Å². The van der Waals surface area contributed by atoms with Gasteiger partial charge in [0.25, 0.3) is 0 Å². The summed E-state index contributed by atoms with van der Waals surface area (Å²) in [7, 11) is 4.63. The van der Waals surface area contributed by atoms with Crippen LogP contribution in [-0.4, -0.2) is 49.9 Å². The third-order valence-electron chi connectivity index (χ3n) is 2.87. The van der Waals surface area contributed by atoms with Crippen LogP contribution in [0.1, 0.15) is 40.5 Å². The van der Waals surface area contributed by atoms with Crippen molar-refractivity contribution in [3.63, 3.8) is 0 Å². The summed E-state index contributed by atoms with van der Waals surface area (Å²) in [4.78, 5) is 14.3. The minimum Gasteiger partial charge on any atom is -0.465 e. The van der Waals surface area contributed by atoms with Gasteiger partial charge in [0, 0.05) is 6.54 Å². The quantitative estimate of drug-likeness (QED) is 0.406. The van der Waals surface area contributed by atoms with Crippen molar-refractivity contribution in [2.75, 3.05) is 33.9 Å². The zero-order valence-corrected chi connectivity index (χ0v) is 14.1. The average Bonchev–Trinajstić information content (AvgIpc) is 2.21. The molecule has 0 fully saturated rings. The molecule has 0 aliphatic rings. The van der Waals surface area contributed by atoms with E-state index in [1.165, 1.54) is 0 Å². The highest BCUT2D eigenvalue weighted by Crippen LogP contribution is 2.40. The third-order valence-corrected chi connectivity index (χ3v) is 4.35. The molecular formula is C14H30NO2P. The minimum absolute atomic E-state index is 0.0305. The molecule has 0 aliphatic carbocycles. The summed E-state index contributed by atoms with van der Waals surface area (Å²) in [6.07, 6.45) is 1.78. The zero-order valence-electron chi connectivity index (χ0n) is 13.1. The molecule has 2 unspecified atom stereocenters. The maximum atomic E-state index is 12.2. The maximum absolute atomic E-state index is 12.2. The molecule has 0 bridgehead atoms. The maximum Gasteiger partial charge on any atom is 0.315 e. The number of rotatable bonds is 7. The van der Waals surface area contributed by atoms with Gasteiger partial charge in [0.05, 0.1) is 11.8 Å². The summed E-state index contributed by atoms with van der Waals surface area (Å²) in [6.45, 7) is 12.1. The van der Waals surface area contributed by atoms with Crippen LogP contribution < -0.4 is 0 Å². The van der Waals surface area contributed by atoms with E-state index in [-0.39, 0.29) is 16.5 Å². The number of nitrogens with zero attached hydrogens (tertiary/aromatic N) is 1. The highest BCUT2D eigenvalue weighted by Gasteiger charge is 2.36. The van der Waals surface area contributed by atoms with Crippen LogP contribution in [-0.2, 0) is 9.53 Å². The fourth-order valence-electron chi connectivity index (χ4n) is 2.03. The molecule has 0 heterocycles. The van der Waals surface area contributed by atoms with Crippen molar-refractivity contribution in [3.8, 4) is 0 Å². The van der Waals surface area contributed by atoms with E-state index in [0.29, 0.717) is 15.2 Å². The molecule has 0 saturated heterocycles. The van der Waals surface area contributed by atoms with Crippen molar-refractivity contribution in [2.24, 2.45) is 5.41 Å². The van der Waals surface area contributed by atoms with Gasteiger partial charge in [-0.1, -0.05) is 20.8 Å². The topological polar surface area (TPSA) is 29.5 Å². The molecule has 3 nitrogen and oxygen atoms in total. The lowest BCUT2D eigenvalue weighted by molar-refractivity contribution is -0.147. The predicted molar refractivity (Wildman–Crippen MR) is 80.8 cm³/mol. The molecule has 0 N–H and O–H groups in total. The van der Waals surface area contributed by atoms with Crippen molar-refractivity contribution in [1.82, 2.24) is 4.90 Å². The molecule has 0 amide bonds. The van der Waals surface area contributed by atoms with E-state index in [0.717, 1.165) is 19.4 Å². The Morgan fingerprint density at radius 3 is 2.17 bits per heavy atom. The first-order chi connectivity index (χ1) is 8.10. The number of carbonyl (C=O) groups excluding carboxylic acids is 1. The van der Waals surface area contributed by atoms with Crippen molar-refractivity contribution < 1.29 is 9.53 Å². The van der Waals surface area contributed by atoms with Gasteiger partial charge in [-0.15, -0.1) is 8.58 Å². The normalized spacial score (nSPS) is 16.2. The van der Waals surface area contributed by atoms with Gasteiger partial charge in [-0.25, -0.2) is 0 Å². The van der Waals surface area contributed by atoms with Crippen molar-refractivity contribution >= 4 is 14.6 Å². The number of ether oxygens (including phenoxy) is 1. The first kappa shape index (κ1) is 17.9. The summed E-state index contributed by atoms with van der Waals surface area (Å²) in [5.41, 5.74) is 0.153. The second-order valence-corrected chi connectivity index (χ2v) is 8.22.